The first-order valence-electron chi connectivity index (χ1n) is 14.7. The molecule has 3 amide bonds. The van der Waals surface area contributed by atoms with Gasteiger partial charge in [0.25, 0.3) is 0 Å². The molecule has 2 aliphatic heterocycles. The Morgan fingerprint density at radius 3 is 2.43 bits per heavy atom. The first-order valence-corrected chi connectivity index (χ1v) is 14.7. The van der Waals surface area contributed by atoms with Crippen LogP contribution < -0.4 is 16.0 Å². The maximum Gasteiger partial charge on any atom is 0.245 e. The number of piperazine rings is 1. The number of nitrogens with zero attached hydrogens (tertiary/aromatic N) is 2. The van der Waals surface area contributed by atoms with Crippen molar-refractivity contribution in [2.45, 2.75) is 69.6 Å². The highest BCUT2D eigenvalue weighted by molar-refractivity contribution is 5.90. The SMILES string of the molecule is CCCC1CN(C(Cc2cc(F)ccc2F)C(=O)NC)CCN1C(=O)C(Cc1ccc(F)cc1)NC(=O)C1CCCN1. The lowest BCUT2D eigenvalue weighted by Crippen LogP contribution is -2.63. The van der Waals surface area contributed by atoms with Crippen LogP contribution in [0.25, 0.3) is 0 Å². The highest BCUT2D eigenvalue weighted by Crippen LogP contribution is 2.22. The van der Waals surface area contributed by atoms with E-state index in [1.165, 1.54) is 19.2 Å². The van der Waals surface area contributed by atoms with Crippen LogP contribution in [0.15, 0.2) is 42.5 Å². The first kappa shape index (κ1) is 31.5. The van der Waals surface area contributed by atoms with E-state index in [-0.39, 0.29) is 54.0 Å². The molecule has 42 heavy (non-hydrogen) atoms. The molecule has 11 heteroatoms. The molecule has 2 fully saturated rings. The van der Waals surface area contributed by atoms with Crippen molar-refractivity contribution in [1.29, 1.82) is 0 Å². The van der Waals surface area contributed by atoms with Crippen LogP contribution in [0.1, 0.15) is 43.7 Å². The number of hydrogen-bond donors (Lipinski definition) is 3. The summed E-state index contributed by atoms with van der Waals surface area (Å²) in [6, 6.07) is 6.83. The van der Waals surface area contributed by atoms with E-state index in [0.717, 1.165) is 43.1 Å². The van der Waals surface area contributed by atoms with Gasteiger partial charge >= 0.3 is 0 Å². The smallest absolute Gasteiger partial charge is 0.245 e. The van der Waals surface area contributed by atoms with Crippen molar-refractivity contribution in [3.63, 3.8) is 0 Å². The van der Waals surface area contributed by atoms with Gasteiger partial charge in [0.2, 0.25) is 17.7 Å². The van der Waals surface area contributed by atoms with Crippen molar-refractivity contribution in [1.82, 2.24) is 25.8 Å². The number of likely N-dealkylation sites (N-methyl/N-ethyl adjacent to an activating group) is 1. The molecule has 2 saturated heterocycles. The summed E-state index contributed by atoms with van der Waals surface area (Å²) in [5.74, 6) is -2.35. The molecule has 4 atom stereocenters. The zero-order valence-corrected chi connectivity index (χ0v) is 24.2. The van der Waals surface area contributed by atoms with Gasteiger partial charge in [0.05, 0.1) is 12.1 Å². The van der Waals surface area contributed by atoms with E-state index < -0.39 is 23.7 Å². The zero-order valence-electron chi connectivity index (χ0n) is 24.2. The second-order valence-electron chi connectivity index (χ2n) is 11.1. The highest BCUT2D eigenvalue weighted by Gasteiger charge is 2.38. The maximum atomic E-state index is 14.5. The number of amides is 3. The quantitative estimate of drug-likeness (QED) is 0.376. The molecule has 2 aromatic carbocycles. The average Bonchev–Trinajstić information content (AvgIpc) is 3.53. The van der Waals surface area contributed by atoms with Gasteiger partial charge in [-0.1, -0.05) is 25.5 Å². The summed E-state index contributed by atoms with van der Waals surface area (Å²) in [5, 5.41) is 8.74. The van der Waals surface area contributed by atoms with Crippen molar-refractivity contribution in [3.8, 4) is 0 Å². The van der Waals surface area contributed by atoms with Crippen LogP contribution in [0.3, 0.4) is 0 Å². The Hall–Kier alpha value is -3.44. The monoisotopic (exact) mass is 587 g/mol. The van der Waals surface area contributed by atoms with Gasteiger partial charge in [0, 0.05) is 39.1 Å². The van der Waals surface area contributed by atoms with E-state index in [1.807, 2.05) is 11.8 Å². The van der Waals surface area contributed by atoms with E-state index in [9.17, 15) is 27.6 Å². The van der Waals surface area contributed by atoms with Gasteiger partial charge in [-0.25, -0.2) is 13.2 Å². The molecular weight excluding hydrogens is 547 g/mol. The van der Waals surface area contributed by atoms with Gasteiger partial charge in [-0.3, -0.25) is 19.3 Å². The number of benzene rings is 2. The highest BCUT2D eigenvalue weighted by atomic mass is 19.1. The topological polar surface area (TPSA) is 93.8 Å². The fourth-order valence-corrected chi connectivity index (χ4v) is 5.93. The van der Waals surface area contributed by atoms with E-state index in [2.05, 4.69) is 16.0 Å². The molecule has 4 rings (SSSR count). The van der Waals surface area contributed by atoms with Crippen LogP contribution in [0.2, 0.25) is 0 Å². The van der Waals surface area contributed by atoms with Crippen LogP contribution in [0.4, 0.5) is 13.2 Å². The maximum absolute atomic E-state index is 14.5. The van der Waals surface area contributed by atoms with Crippen LogP contribution in [-0.2, 0) is 27.2 Å². The molecule has 4 unspecified atom stereocenters. The third kappa shape index (κ3) is 7.89. The molecule has 0 aliphatic carbocycles. The molecular formula is C31H40F3N5O3. The molecule has 228 valence electrons. The second-order valence-corrected chi connectivity index (χ2v) is 11.1. The molecule has 2 aromatic rings. The van der Waals surface area contributed by atoms with Gasteiger partial charge in [-0.05, 0) is 73.7 Å². The van der Waals surface area contributed by atoms with Gasteiger partial charge < -0.3 is 20.9 Å². The number of nitrogens with one attached hydrogen (secondary N) is 3. The summed E-state index contributed by atoms with van der Waals surface area (Å²) < 4.78 is 42.0. The Labute approximate surface area is 245 Å². The molecule has 2 heterocycles. The van der Waals surface area contributed by atoms with Gasteiger partial charge in [0.1, 0.15) is 23.5 Å². The van der Waals surface area contributed by atoms with Crippen LogP contribution in [0.5, 0.6) is 0 Å². The van der Waals surface area contributed by atoms with Crippen LogP contribution in [-0.4, -0.2) is 84.9 Å². The molecule has 0 radical (unpaired) electrons. The Kier molecular flexibility index (Phi) is 11.0. The van der Waals surface area contributed by atoms with Crippen molar-refractivity contribution >= 4 is 17.7 Å². The second kappa shape index (κ2) is 14.6. The number of rotatable bonds is 11. The van der Waals surface area contributed by atoms with Crippen molar-refractivity contribution in [3.05, 3.63) is 71.0 Å². The summed E-state index contributed by atoms with van der Waals surface area (Å²) in [6.45, 7) is 3.73. The normalized spacial score (nSPS) is 20.6. The van der Waals surface area contributed by atoms with E-state index in [1.54, 1.807) is 17.0 Å². The Balaban J connectivity index is 1.54. The molecule has 0 saturated carbocycles. The Morgan fingerprint density at radius 2 is 1.76 bits per heavy atom. The molecule has 0 aromatic heterocycles. The van der Waals surface area contributed by atoms with E-state index in [4.69, 9.17) is 0 Å². The zero-order chi connectivity index (χ0) is 30.2. The third-order valence-corrected chi connectivity index (χ3v) is 8.17. The Morgan fingerprint density at radius 1 is 1.02 bits per heavy atom. The number of carbonyl (C=O) groups is 3. The summed E-state index contributed by atoms with van der Waals surface area (Å²) in [6.07, 6.45) is 3.17. The minimum Gasteiger partial charge on any atom is -0.358 e. The van der Waals surface area contributed by atoms with Gasteiger partial charge in [-0.15, -0.1) is 0 Å². The van der Waals surface area contributed by atoms with E-state index in [0.29, 0.717) is 32.5 Å². The number of hydrogen-bond acceptors (Lipinski definition) is 5. The molecule has 0 bridgehead atoms. The Bertz CT molecular complexity index is 1240. The van der Waals surface area contributed by atoms with Crippen molar-refractivity contribution < 1.29 is 27.6 Å². The largest absolute Gasteiger partial charge is 0.358 e. The van der Waals surface area contributed by atoms with Crippen molar-refractivity contribution in [2.24, 2.45) is 0 Å². The first-order chi connectivity index (χ1) is 20.2. The molecule has 8 nitrogen and oxygen atoms in total. The lowest BCUT2D eigenvalue weighted by atomic mass is 9.97. The summed E-state index contributed by atoms with van der Waals surface area (Å²) in [7, 11) is 1.50. The minimum absolute atomic E-state index is 0.0201. The van der Waals surface area contributed by atoms with Crippen LogP contribution in [0, 0.1) is 17.5 Å². The standard InChI is InChI=1S/C31H40F3N5O3/c1-3-5-24-19-38(28(30(41)35-2)18-21-17-23(33)11-12-25(21)34)14-15-39(24)31(42)27(16-20-7-9-22(32)10-8-20)37-29(40)26-6-4-13-36-26/h7-12,17,24,26-28,36H,3-6,13-16,18-19H2,1-2H3,(H,35,41)(H,37,40). The number of carbonyl (C=O) groups excluding carboxylic acids is 3. The predicted octanol–water partition coefficient (Wildman–Crippen LogP) is 2.55. The lowest BCUT2D eigenvalue weighted by Gasteiger charge is -2.45. The summed E-state index contributed by atoms with van der Waals surface area (Å²) in [4.78, 5) is 43.8. The molecule has 0 spiro atoms. The van der Waals surface area contributed by atoms with Gasteiger partial charge in [0.15, 0.2) is 0 Å². The number of halogens is 3. The third-order valence-electron chi connectivity index (χ3n) is 8.17. The average molecular weight is 588 g/mol. The van der Waals surface area contributed by atoms with Crippen LogP contribution >= 0.6 is 0 Å². The van der Waals surface area contributed by atoms with E-state index >= 15 is 0 Å². The summed E-state index contributed by atoms with van der Waals surface area (Å²) in [5.41, 5.74) is 0.827. The lowest BCUT2D eigenvalue weighted by molar-refractivity contribution is -0.142. The molecule has 3 N–H and O–H groups in total. The predicted molar refractivity (Wildman–Crippen MR) is 153 cm³/mol. The summed E-state index contributed by atoms with van der Waals surface area (Å²) >= 11 is 0. The minimum atomic E-state index is -0.854. The fraction of sp³-hybridized carbons (Fsp3) is 0.516. The van der Waals surface area contributed by atoms with Crippen molar-refractivity contribution in [2.75, 3.05) is 33.2 Å². The van der Waals surface area contributed by atoms with Gasteiger partial charge in [-0.2, -0.15) is 0 Å². The molecule has 2 aliphatic rings. The fourth-order valence-electron chi connectivity index (χ4n) is 5.93.